The fourth-order valence-corrected chi connectivity index (χ4v) is 4.62. The molecule has 2 amide bonds. The van der Waals surface area contributed by atoms with E-state index in [1.54, 1.807) is 42.5 Å². The molecule has 37 heavy (non-hydrogen) atoms. The van der Waals surface area contributed by atoms with Crippen molar-refractivity contribution in [3.63, 3.8) is 0 Å². The fourth-order valence-electron chi connectivity index (χ4n) is 4.62. The molecule has 194 valence electrons. The number of nitrogens with zero attached hydrogens (tertiary/aromatic N) is 5. The van der Waals surface area contributed by atoms with E-state index in [0.717, 1.165) is 28.6 Å². The Kier molecular flexibility index (Phi) is 6.90. The van der Waals surface area contributed by atoms with Gasteiger partial charge in [-0.2, -0.15) is 4.39 Å². The SMILES string of the molecule is O=C(NC(c1ccccc1)c1ccc(C2CC2)c(F)n1)C1CC(F)CN1C(=O)Cn1nncc1C(F)F. The number of nitrogens with one attached hydrogen (secondary N) is 1. The third-order valence-corrected chi connectivity index (χ3v) is 6.66. The number of likely N-dealkylation sites (tertiary alicyclic amines) is 1. The number of pyridine rings is 1. The first-order valence-electron chi connectivity index (χ1n) is 11.9. The summed E-state index contributed by atoms with van der Waals surface area (Å²) >= 11 is 0. The molecule has 3 aromatic rings. The number of benzene rings is 1. The monoisotopic (exact) mass is 516 g/mol. The minimum atomic E-state index is -2.90. The maximum Gasteiger partial charge on any atom is 0.281 e. The maximum atomic E-state index is 14.8. The van der Waals surface area contributed by atoms with Crippen LogP contribution in [-0.4, -0.2) is 55.5 Å². The number of amides is 2. The fraction of sp³-hybridized carbons (Fsp3) is 0.400. The average molecular weight is 516 g/mol. The Labute approximate surface area is 209 Å². The highest BCUT2D eigenvalue weighted by Gasteiger charge is 2.41. The third-order valence-electron chi connectivity index (χ3n) is 6.66. The molecule has 3 heterocycles. The largest absolute Gasteiger partial charge is 0.342 e. The first-order valence-corrected chi connectivity index (χ1v) is 11.9. The van der Waals surface area contributed by atoms with Gasteiger partial charge in [-0.15, -0.1) is 5.10 Å². The molecule has 8 nitrogen and oxygen atoms in total. The van der Waals surface area contributed by atoms with Gasteiger partial charge < -0.3 is 10.2 Å². The second kappa shape index (κ2) is 10.3. The first-order chi connectivity index (χ1) is 17.8. The number of rotatable bonds is 8. The lowest BCUT2D eigenvalue weighted by atomic mass is 10.0. The summed E-state index contributed by atoms with van der Waals surface area (Å²) in [4.78, 5) is 31.4. The molecule has 1 aromatic carbocycles. The van der Waals surface area contributed by atoms with Gasteiger partial charge in [0.25, 0.3) is 6.43 Å². The van der Waals surface area contributed by atoms with Crippen molar-refractivity contribution in [1.29, 1.82) is 0 Å². The Morgan fingerprint density at radius 1 is 1.11 bits per heavy atom. The van der Waals surface area contributed by atoms with E-state index in [1.165, 1.54) is 0 Å². The van der Waals surface area contributed by atoms with E-state index < -0.39 is 54.7 Å². The zero-order valence-corrected chi connectivity index (χ0v) is 19.6. The topological polar surface area (TPSA) is 93.0 Å². The van der Waals surface area contributed by atoms with Gasteiger partial charge in [0, 0.05) is 12.0 Å². The molecule has 1 N–H and O–H groups in total. The van der Waals surface area contributed by atoms with Crippen LogP contribution in [0.25, 0.3) is 0 Å². The van der Waals surface area contributed by atoms with E-state index in [-0.39, 0.29) is 24.6 Å². The molecular weight excluding hydrogens is 492 g/mol. The Bertz CT molecular complexity index is 1280. The lowest BCUT2D eigenvalue weighted by Crippen LogP contribution is -2.48. The van der Waals surface area contributed by atoms with Gasteiger partial charge >= 0.3 is 0 Å². The van der Waals surface area contributed by atoms with Crippen molar-refractivity contribution in [3.05, 3.63) is 77.1 Å². The molecule has 2 aliphatic rings. The second-order valence-electron chi connectivity index (χ2n) is 9.25. The van der Waals surface area contributed by atoms with Crippen molar-refractivity contribution in [2.24, 2.45) is 0 Å². The van der Waals surface area contributed by atoms with E-state index in [2.05, 4.69) is 20.6 Å². The van der Waals surface area contributed by atoms with Crippen LogP contribution in [0.3, 0.4) is 0 Å². The van der Waals surface area contributed by atoms with Crippen LogP contribution in [0.2, 0.25) is 0 Å². The molecule has 0 radical (unpaired) electrons. The predicted molar refractivity (Wildman–Crippen MR) is 123 cm³/mol. The van der Waals surface area contributed by atoms with Gasteiger partial charge in [-0.3, -0.25) is 9.59 Å². The van der Waals surface area contributed by atoms with Crippen LogP contribution in [0.5, 0.6) is 0 Å². The molecule has 3 atom stereocenters. The number of hydrogen-bond donors (Lipinski definition) is 1. The Balaban J connectivity index is 1.37. The summed E-state index contributed by atoms with van der Waals surface area (Å²) in [6.07, 6.45) is -2.00. The van der Waals surface area contributed by atoms with E-state index in [9.17, 15) is 27.2 Å². The van der Waals surface area contributed by atoms with E-state index in [1.807, 2.05) is 0 Å². The highest BCUT2D eigenvalue weighted by molar-refractivity contribution is 5.88. The zero-order valence-electron chi connectivity index (χ0n) is 19.6. The second-order valence-corrected chi connectivity index (χ2v) is 9.25. The van der Waals surface area contributed by atoms with Crippen LogP contribution in [0, 0.1) is 5.95 Å². The normalized spacial score (nSPS) is 20.3. The molecule has 5 rings (SSSR count). The number of carbonyl (C=O) groups is 2. The third kappa shape index (κ3) is 5.32. The highest BCUT2D eigenvalue weighted by atomic mass is 19.3. The first kappa shape index (κ1) is 24.8. The molecule has 0 spiro atoms. The molecular formula is C25H24F4N6O2. The predicted octanol–water partition coefficient (Wildman–Crippen LogP) is 3.47. The van der Waals surface area contributed by atoms with Crippen molar-refractivity contribution in [3.8, 4) is 0 Å². The summed E-state index contributed by atoms with van der Waals surface area (Å²) in [5.41, 5.74) is 0.861. The number of aromatic nitrogens is 4. The van der Waals surface area contributed by atoms with Gasteiger partial charge in [-0.1, -0.05) is 41.6 Å². The minimum Gasteiger partial charge on any atom is -0.342 e. The highest BCUT2D eigenvalue weighted by Crippen LogP contribution is 2.41. The van der Waals surface area contributed by atoms with Gasteiger partial charge in [-0.05, 0) is 30.4 Å². The van der Waals surface area contributed by atoms with Gasteiger partial charge in [0.2, 0.25) is 17.8 Å². The zero-order chi connectivity index (χ0) is 26.1. The van der Waals surface area contributed by atoms with Crippen LogP contribution < -0.4 is 5.32 Å². The Morgan fingerprint density at radius 2 is 1.86 bits per heavy atom. The summed E-state index contributed by atoms with van der Waals surface area (Å²) in [7, 11) is 0. The molecule has 1 saturated carbocycles. The average Bonchev–Trinajstić information content (AvgIpc) is 3.48. The van der Waals surface area contributed by atoms with Crippen molar-refractivity contribution >= 4 is 11.8 Å². The summed E-state index contributed by atoms with van der Waals surface area (Å²) in [5.74, 6) is -1.86. The summed E-state index contributed by atoms with van der Waals surface area (Å²) < 4.78 is 56.2. The molecule has 0 bridgehead atoms. The molecule has 1 saturated heterocycles. The summed E-state index contributed by atoms with van der Waals surface area (Å²) in [5, 5.41) is 9.69. The molecule has 1 aliphatic carbocycles. The van der Waals surface area contributed by atoms with Gasteiger partial charge in [0.05, 0.1) is 24.5 Å². The maximum absolute atomic E-state index is 14.8. The minimum absolute atomic E-state index is 0.154. The van der Waals surface area contributed by atoms with Crippen molar-refractivity contribution in [1.82, 2.24) is 30.2 Å². The lowest BCUT2D eigenvalue weighted by Gasteiger charge is -2.26. The van der Waals surface area contributed by atoms with E-state index >= 15 is 0 Å². The molecule has 1 aliphatic heterocycles. The van der Waals surface area contributed by atoms with Crippen LogP contribution in [0.15, 0.2) is 48.7 Å². The van der Waals surface area contributed by atoms with Gasteiger partial charge in [-0.25, -0.2) is 22.8 Å². The van der Waals surface area contributed by atoms with Crippen LogP contribution in [0.1, 0.15) is 60.2 Å². The van der Waals surface area contributed by atoms with Crippen LogP contribution >= 0.6 is 0 Å². The molecule has 2 aromatic heterocycles. The molecule has 2 fully saturated rings. The summed E-state index contributed by atoms with van der Waals surface area (Å²) in [6, 6.07) is 10.1. The standard InChI is InChI=1S/C25H24F4N6O2/c26-16-10-19(34(12-16)21(36)13-35-20(23(27)28)11-30-33-35)25(37)32-22(15-4-2-1-3-5-15)18-9-8-17(14-6-7-14)24(29)31-18/h1-5,8-9,11,14,16,19,22-23H,6-7,10,12-13H2,(H,32,37). The lowest BCUT2D eigenvalue weighted by molar-refractivity contribution is -0.139. The molecule has 3 unspecified atom stereocenters. The summed E-state index contributed by atoms with van der Waals surface area (Å²) in [6.45, 7) is -0.984. The number of hydrogen-bond acceptors (Lipinski definition) is 5. The Morgan fingerprint density at radius 3 is 2.54 bits per heavy atom. The number of alkyl halides is 3. The quantitative estimate of drug-likeness (QED) is 0.366. The van der Waals surface area contributed by atoms with Crippen molar-refractivity contribution in [2.45, 2.75) is 56.4 Å². The van der Waals surface area contributed by atoms with Crippen LogP contribution in [-0.2, 0) is 16.1 Å². The van der Waals surface area contributed by atoms with Crippen molar-refractivity contribution in [2.75, 3.05) is 6.54 Å². The smallest absolute Gasteiger partial charge is 0.281 e. The Hall–Kier alpha value is -3.83. The van der Waals surface area contributed by atoms with Crippen LogP contribution in [0.4, 0.5) is 17.6 Å². The van der Waals surface area contributed by atoms with E-state index in [4.69, 9.17) is 0 Å². The van der Waals surface area contributed by atoms with Crippen molar-refractivity contribution < 1.29 is 27.2 Å². The number of halogens is 4. The number of carbonyl (C=O) groups excluding carboxylic acids is 2. The van der Waals surface area contributed by atoms with Gasteiger partial charge in [0.1, 0.15) is 24.5 Å². The van der Waals surface area contributed by atoms with Gasteiger partial charge in [0.15, 0.2) is 0 Å². The van der Waals surface area contributed by atoms with E-state index in [0.29, 0.717) is 11.1 Å². The molecule has 12 heteroatoms.